The zero-order valence-corrected chi connectivity index (χ0v) is 8.89. The molecule has 1 saturated heterocycles. The van der Waals surface area contributed by atoms with Crippen molar-refractivity contribution in [1.29, 1.82) is 0 Å². The Labute approximate surface area is 89.0 Å². The van der Waals surface area contributed by atoms with Crippen molar-refractivity contribution >= 4 is 12.4 Å². The molecule has 0 aromatic heterocycles. The molecular weight excluding hydrogens is 198 g/mol. The number of carbonyl (C=O) groups excluding carboxylic acids is 1. The molecule has 1 heterocycles. The van der Waals surface area contributed by atoms with Gasteiger partial charge in [-0.1, -0.05) is 0 Å². The van der Waals surface area contributed by atoms with Crippen molar-refractivity contribution < 1.29 is 19.4 Å². The first-order chi connectivity index (χ1) is 7.20. The lowest BCUT2D eigenvalue weighted by Crippen LogP contribution is -2.48. The normalized spacial score (nSPS) is 23.1. The summed E-state index contributed by atoms with van der Waals surface area (Å²) >= 11 is 0. The summed E-state index contributed by atoms with van der Waals surface area (Å²) in [6.07, 6.45) is 2.28. The molecule has 0 saturated carbocycles. The molecule has 0 spiro atoms. The number of likely N-dealkylation sites (N-methyl/N-ethyl adjacent to an activating group) is 1. The third kappa shape index (κ3) is 2.92. The Bertz CT molecular complexity index is 225. The van der Waals surface area contributed by atoms with Crippen molar-refractivity contribution in [3.63, 3.8) is 0 Å². The third-order valence-corrected chi connectivity index (χ3v) is 2.75. The molecule has 2 unspecified atom stereocenters. The molecule has 1 rings (SSSR count). The van der Waals surface area contributed by atoms with Crippen molar-refractivity contribution in [1.82, 2.24) is 4.90 Å². The van der Waals surface area contributed by atoms with Crippen molar-refractivity contribution in [3.05, 3.63) is 0 Å². The van der Waals surface area contributed by atoms with E-state index in [1.165, 1.54) is 4.90 Å². The summed E-state index contributed by atoms with van der Waals surface area (Å²) < 4.78 is 5.25. The van der Waals surface area contributed by atoms with Crippen molar-refractivity contribution in [2.75, 3.05) is 19.8 Å². The van der Waals surface area contributed by atoms with Gasteiger partial charge in [0.2, 0.25) is 6.41 Å². The molecule has 1 aliphatic rings. The van der Waals surface area contributed by atoms with E-state index in [2.05, 4.69) is 0 Å². The van der Waals surface area contributed by atoms with E-state index < -0.39 is 12.0 Å². The van der Waals surface area contributed by atoms with E-state index in [9.17, 15) is 9.59 Å². The molecule has 0 aromatic carbocycles. The molecule has 5 heteroatoms. The van der Waals surface area contributed by atoms with Crippen molar-refractivity contribution in [3.8, 4) is 0 Å². The molecule has 1 amide bonds. The smallest absolute Gasteiger partial charge is 0.326 e. The van der Waals surface area contributed by atoms with Gasteiger partial charge in [-0.2, -0.15) is 0 Å². The number of aliphatic carboxylic acids is 1. The molecule has 0 radical (unpaired) electrons. The Balaban J connectivity index is 2.70. The summed E-state index contributed by atoms with van der Waals surface area (Å²) in [6, 6.07) is -0.743. The van der Waals surface area contributed by atoms with Crippen LogP contribution in [0.1, 0.15) is 19.8 Å². The van der Waals surface area contributed by atoms with E-state index in [0.29, 0.717) is 26.2 Å². The number of rotatable bonds is 5. The summed E-state index contributed by atoms with van der Waals surface area (Å²) in [4.78, 5) is 23.2. The zero-order valence-electron chi connectivity index (χ0n) is 8.89. The highest BCUT2D eigenvalue weighted by molar-refractivity contribution is 5.76. The second-order valence-electron chi connectivity index (χ2n) is 3.70. The van der Waals surface area contributed by atoms with Gasteiger partial charge in [-0.3, -0.25) is 4.79 Å². The molecular formula is C10H17NO4. The van der Waals surface area contributed by atoms with Crippen LogP contribution in [0.3, 0.4) is 0 Å². The van der Waals surface area contributed by atoms with Crippen LogP contribution in [0.15, 0.2) is 0 Å². The lowest BCUT2D eigenvalue weighted by molar-refractivity contribution is -0.151. The van der Waals surface area contributed by atoms with Crippen LogP contribution in [-0.2, 0) is 14.3 Å². The fourth-order valence-corrected chi connectivity index (χ4v) is 1.97. The molecule has 0 aromatic rings. The fraction of sp³-hybridized carbons (Fsp3) is 0.800. The molecule has 5 nitrogen and oxygen atoms in total. The minimum atomic E-state index is -0.945. The average Bonchev–Trinajstić information content (AvgIpc) is 2.26. The number of ether oxygens (including phenoxy) is 1. The molecule has 15 heavy (non-hydrogen) atoms. The number of hydrogen-bond donors (Lipinski definition) is 1. The third-order valence-electron chi connectivity index (χ3n) is 2.75. The molecule has 0 bridgehead atoms. The van der Waals surface area contributed by atoms with Gasteiger partial charge in [0.05, 0.1) is 6.61 Å². The van der Waals surface area contributed by atoms with E-state index in [0.717, 1.165) is 12.8 Å². The topological polar surface area (TPSA) is 66.8 Å². The first kappa shape index (κ1) is 12.0. The molecule has 2 atom stereocenters. The number of carboxylic acids is 1. The maximum atomic E-state index is 11.1. The number of carbonyl (C=O) groups is 2. The highest BCUT2D eigenvalue weighted by Crippen LogP contribution is 2.21. The summed E-state index contributed by atoms with van der Waals surface area (Å²) in [5.74, 6) is -1.03. The Kier molecular flexibility index (Phi) is 4.55. The Morgan fingerprint density at radius 2 is 2.47 bits per heavy atom. The number of hydrogen-bond acceptors (Lipinski definition) is 3. The van der Waals surface area contributed by atoms with E-state index in [4.69, 9.17) is 9.84 Å². The summed E-state index contributed by atoms with van der Waals surface area (Å²) in [5, 5.41) is 9.10. The van der Waals surface area contributed by atoms with Crippen LogP contribution in [0.5, 0.6) is 0 Å². The standard InChI is InChI=1S/C10H17NO4/c1-2-11(7-12)9(10(13)14)8-4-3-5-15-6-8/h7-9H,2-6H2,1H3,(H,13,14). The highest BCUT2D eigenvalue weighted by Gasteiger charge is 2.33. The lowest BCUT2D eigenvalue weighted by atomic mass is 9.93. The van der Waals surface area contributed by atoms with Crippen LogP contribution >= 0.6 is 0 Å². The number of nitrogens with zero attached hydrogens (tertiary/aromatic N) is 1. The second kappa shape index (κ2) is 5.70. The average molecular weight is 215 g/mol. The largest absolute Gasteiger partial charge is 0.480 e. The van der Waals surface area contributed by atoms with E-state index in [1.807, 2.05) is 0 Å². The van der Waals surface area contributed by atoms with Gasteiger partial charge in [0, 0.05) is 19.1 Å². The number of carboxylic acid groups (broad SMARTS) is 1. The van der Waals surface area contributed by atoms with E-state index >= 15 is 0 Å². The van der Waals surface area contributed by atoms with Crippen molar-refractivity contribution in [2.45, 2.75) is 25.8 Å². The zero-order chi connectivity index (χ0) is 11.3. The van der Waals surface area contributed by atoms with Gasteiger partial charge in [0.25, 0.3) is 0 Å². The quantitative estimate of drug-likeness (QED) is 0.672. The maximum absolute atomic E-state index is 11.1. The Morgan fingerprint density at radius 1 is 1.73 bits per heavy atom. The lowest BCUT2D eigenvalue weighted by Gasteiger charge is -2.33. The van der Waals surface area contributed by atoms with Gasteiger partial charge in [-0.15, -0.1) is 0 Å². The monoisotopic (exact) mass is 215 g/mol. The highest BCUT2D eigenvalue weighted by atomic mass is 16.5. The minimum Gasteiger partial charge on any atom is -0.480 e. The second-order valence-corrected chi connectivity index (χ2v) is 3.70. The van der Waals surface area contributed by atoms with Gasteiger partial charge in [0.15, 0.2) is 0 Å². The van der Waals surface area contributed by atoms with Crippen LogP contribution in [0.2, 0.25) is 0 Å². The van der Waals surface area contributed by atoms with Gasteiger partial charge in [-0.05, 0) is 19.8 Å². The minimum absolute atomic E-state index is 0.0820. The molecule has 86 valence electrons. The fourth-order valence-electron chi connectivity index (χ4n) is 1.97. The van der Waals surface area contributed by atoms with Crippen LogP contribution in [-0.4, -0.2) is 48.2 Å². The summed E-state index contributed by atoms with van der Waals surface area (Å²) in [5.41, 5.74) is 0. The first-order valence-electron chi connectivity index (χ1n) is 5.22. The molecule has 1 N–H and O–H groups in total. The van der Waals surface area contributed by atoms with Gasteiger partial charge in [0.1, 0.15) is 6.04 Å². The maximum Gasteiger partial charge on any atom is 0.326 e. The van der Waals surface area contributed by atoms with Crippen molar-refractivity contribution in [2.24, 2.45) is 5.92 Å². The van der Waals surface area contributed by atoms with E-state index in [1.54, 1.807) is 6.92 Å². The predicted octanol–water partition coefficient (Wildman–Crippen LogP) is 0.344. The van der Waals surface area contributed by atoms with Crippen LogP contribution in [0, 0.1) is 5.92 Å². The Morgan fingerprint density at radius 3 is 2.87 bits per heavy atom. The van der Waals surface area contributed by atoms with Gasteiger partial charge >= 0.3 is 5.97 Å². The van der Waals surface area contributed by atoms with Gasteiger partial charge < -0.3 is 14.7 Å². The summed E-state index contributed by atoms with van der Waals surface area (Å²) in [7, 11) is 0. The molecule has 0 aliphatic carbocycles. The van der Waals surface area contributed by atoms with Crippen LogP contribution in [0.4, 0.5) is 0 Å². The predicted molar refractivity (Wildman–Crippen MR) is 53.4 cm³/mol. The summed E-state index contributed by atoms with van der Waals surface area (Å²) in [6.45, 7) is 3.31. The van der Waals surface area contributed by atoms with Gasteiger partial charge in [-0.25, -0.2) is 4.79 Å². The SMILES string of the molecule is CCN(C=O)C(C(=O)O)C1CCCOC1. The molecule has 1 fully saturated rings. The van der Waals surface area contributed by atoms with Crippen LogP contribution in [0.25, 0.3) is 0 Å². The van der Waals surface area contributed by atoms with Crippen LogP contribution < -0.4 is 0 Å². The number of amides is 1. The van der Waals surface area contributed by atoms with E-state index in [-0.39, 0.29) is 5.92 Å². The first-order valence-corrected chi connectivity index (χ1v) is 5.22. The molecule has 1 aliphatic heterocycles. The Hall–Kier alpha value is -1.10.